The summed E-state index contributed by atoms with van der Waals surface area (Å²) in [5, 5.41) is 11.3. The van der Waals surface area contributed by atoms with Gasteiger partial charge in [0.2, 0.25) is 0 Å². The van der Waals surface area contributed by atoms with Crippen LogP contribution in [0.25, 0.3) is 0 Å². The van der Waals surface area contributed by atoms with Crippen molar-refractivity contribution < 1.29 is 14.7 Å². The lowest BCUT2D eigenvalue weighted by Crippen LogP contribution is -2.56. The predicted octanol–water partition coefficient (Wildman–Crippen LogP) is 4.11. The molecule has 0 amide bonds. The molecule has 4 rings (SSSR count). The first kappa shape index (κ1) is 18.2. The summed E-state index contributed by atoms with van der Waals surface area (Å²) >= 11 is 0. The molecule has 26 heavy (non-hydrogen) atoms. The van der Waals surface area contributed by atoms with E-state index in [-0.39, 0.29) is 28.4 Å². The van der Waals surface area contributed by atoms with Gasteiger partial charge in [-0.25, -0.2) is 0 Å². The summed E-state index contributed by atoms with van der Waals surface area (Å²) in [6.45, 7) is 8.68. The maximum atomic E-state index is 12.7. The van der Waals surface area contributed by atoms with E-state index in [9.17, 15) is 14.7 Å². The largest absolute Gasteiger partial charge is 0.393 e. The van der Waals surface area contributed by atoms with Crippen molar-refractivity contribution in [2.45, 2.75) is 65.9 Å². The van der Waals surface area contributed by atoms with Gasteiger partial charge in [-0.05, 0) is 61.0 Å². The molecule has 4 aliphatic carbocycles. The van der Waals surface area contributed by atoms with E-state index in [1.165, 1.54) is 5.57 Å². The van der Waals surface area contributed by atoms with Crippen LogP contribution in [0.5, 0.6) is 0 Å². The number of hydrogen-bond donors (Lipinski definition) is 1. The van der Waals surface area contributed by atoms with Gasteiger partial charge in [0.25, 0.3) is 0 Å². The van der Waals surface area contributed by atoms with E-state index in [0.29, 0.717) is 36.4 Å². The smallest absolute Gasteiger partial charge is 0.178 e. The van der Waals surface area contributed by atoms with Gasteiger partial charge in [0.05, 0.1) is 6.10 Å². The molecule has 1 N–H and O–H groups in total. The Labute approximate surface area is 156 Å². The molecule has 8 atom stereocenters. The topological polar surface area (TPSA) is 54.4 Å². The first-order chi connectivity index (χ1) is 12.2. The third-order valence-corrected chi connectivity index (χ3v) is 8.53. The van der Waals surface area contributed by atoms with Crippen LogP contribution in [0.4, 0.5) is 0 Å². The second-order valence-electron chi connectivity index (χ2n) is 9.81. The highest BCUT2D eigenvalue weighted by atomic mass is 16.3. The van der Waals surface area contributed by atoms with E-state index >= 15 is 0 Å². The predicted molar refractivity (Wildman–Crippen MR) is 101 cm³/mol. The Morgan fingerprint density at radius 1 is 1.35 bits per heavy atom. The van der Waals surface area contributed by atoms with Crippen molar-refractivity contribution in [3.63, 3.8) is 0 Å². The van der Waals surface area contributed by atoms with Crippen molar-refractivity contribution >= 4 is 11.6 Å². The standard InChI is InChI=1S/C23H32O3/c1-5-18(25)20-13(2)10-17-16-7-6-14-11-15(24)8-9-22(14,3)21(16)19(26)12-23(17,20)4/h8-9,11,13,16-17,19-21,26H,5-7,10,12H2,1-4H3/t13-,16?,17?,19+,20?,21?,22-,23-/m0/s1. The SMILES string of the molecule is CCC(=O)C1[C@@H](C)CC2C3CCC4=CC(=O)C=C[C@]4(C)C3[C@H](O)C[C@@]21C. The van der Waals surface area contributed by atoms with Crippen LogP contribution in [-0.2, 0) is 9.59 Å². The van der Waals surface area contributed by atoms with Crippen molar-refractivity contribution in [3.05, 3.63) is 23.8 Å². The molecule has 0 heterocycles. The molecule has 0 aliphatic heterocycles. The van der Waals surface area contributed by atoms with Gasteiger partial charge in [-0.3, -0.25) is 9.59 Å². The summed E-state index contributed by atoms with van der Waals surface area (Å²) in [5.74, 6) is 2.02. The number of fused-ring (bicyclic) bond motifs is 5. The zero-order valence-corrected chi connectivity index (χ0v) is 16.5. The third kappa shape index (κ3) is 2.28. The molecule has 0 aromatic heterocycles. The molecule has 3 heteroatoms. The molecule has 0 aromatic rings. The van der Waals surface area contributed by atoms with Crippen LogP contribution < -0.4 is 0 Å². The van der Waals surface area contributed by atoms with Crippen molar-refractivity contribution in [3.8, 4) is 0 Å². The van der Waals surface area contributed by atoms with Crippen LogP contribution in [0.1, 0.15) is 59.8 Å². The Morgan fingerprint density at radius 3 is 2.77 bits per heavy atom. The Kier molecular flexibility index (Phi) is 4.11. The van der Waals surface area contributed by atoms with Gasteiger partial charge in [0.1, 0.15) is 5.78 Å². The van der Waals surface area contributed by atoms with E-state index in [1.807, 2.05) is 6.92 Å². The highest BCUT2D eigenvalue weighted by molar-refractivity contribution is 6.01. The number of hydrogen-bond acceptors (Lipinski definition) is 3. The summed E-state index contributed by atoms with van der Waals surface area (Å²) in [6, 6.07) is 0. The van der Waals surface area contributed by atoms with Crippen molar-refractivity contribution in [2.75, 3.05) is 0 Å². The molecule has 0 saturated heterocycles. The van der Waals surface area contributed by atoms with E-state index in [1.54, 1.807) is 12.2 Å². The number of carbonyl (C=O) groups is 2. The molecule has 3 nitrogen and oxygen atoms in total. The Morgan fingerprint density at radius 2 is 2.08 bits per heavy atom. The summed E-state index contributed by atoms with van der Waals surface area (Å²) in [4.78, 5) is 24.6. The minimum Gasteiger partial charge on any atom is -0.393 e. The van der Waals surface area contributed by atoms with Gasteiger partial charge in [0.15, 0.2) is 5.78 Å². The summed E-state index contributed by atoms with van der Waals surface area (Å²) in [6.07, 6.45) is 9.51. The van der Waals surface area contributed by atoms with Crippen LogP contribution in [0.15, 0.2) is 23.8 Å². The lowest BCUT2D eigenvalue weighted by molar-refractivity contribution is -0.140. The Hall–Kier alpha value is -1.22. The monoisotopic (exact) mass is 356 g/mol. The number of Topliss-reactive ketones (excluding diaryl/α,β-unsaturated/α-hetero) is 1. The minimum absolute atomic E-state index is 0.0779. The normalized spacial score (nSPS) is 49.9. The highest BCUT2D eigenvalue weighted by Gasteiger charge is 2.63. The van der Waals surface area contributed by atoms with Gasteiger partial charge in [0, 0.05) is 23.7 Å². The fourth-order valence-electron chi connectivity index (χ4n) is 7.60. The summed E-state index contributed by atoms with van der Waals surface area (Å²) < 4.78 is 0. The van der Waals surface area contributed by atoms with E-state index < -0.39 is 6.10 Å². The number of ketones is 2. The maximum absolute atomic E-state index is 12.7. The molecular weight excluding hydrogens is 324 g/mol. The lowest BCUT2D eigenvalue weighted by Gasteiger charge is -2.58. The molecule has 0 radical (unpaired) electrons. The molecule has 0 bridgehead atoms. The number of aliphatic hydroxyl groups excluding tert-OH is 1. The van der Waals surface area contributed by atoms with E-state index in [0.717, 1.165) is 19.3 Å². The maximum Gasteiger partial charge on any atom is 0.178 e. The lowest BCUT2D eigenvalue weighted by atomic mass is 9.46. The second kappa shape index (κ2) is 5.89. The number of carbonyl (C=O) groups excluding carboxylic acids is 2. The van der Waals surface area contributed by atoms with E-state index in [4.69, 9.17) is 0 Å². The Bertz CT molecular complexity index is 704. The fourth-order valence-corrected chi connectivity index (χ4v) is 7.60. The minimum atomic E-state index is -0.412. The Balaban J connectivity index is 1.74. The molecular formula is C23H32O3. The summed E-state index contributed by atoms with van der Waals surface area (Å²) in [5.41, 5.74) is 0.896. The third-order valence-electron chi connectivity index (χ3n) is 8.53. The first-order valence-corrected chi connectivity index (χ1v) is 10.4. The second-order valence-corrected chi connectivity index (χ2v) is 9.81. The number of aliphatic hydroxyl groups is 1. The molecule has 4 unspecified atom stereocenters. The van der Waals surface area contributed by atoms with Crippen molar-refractivity contribution in [1.29, 1.82) is 0 Å². The first-order valence-electron chi connectivity index (χ1n) is 10.4. The molecule has 3 saturated carbocycles. The molecule has 3 fully saturated rings. The average molecular weight is 357 g/mol. The highest BCUT2D eigenvalue weighted by Crippen LogP contribution is 2.67. The van der Waals surface area contributed by atoms with Gasteiger partial charge in [-0.2, -0.15) is 0 Å². The fraction of sp³-hybridized carbons (Fsp3) is 0.739. The van der Waals surface area contributed by atoms with Gasteiger partial charge < -0.3 is 5.11 Å². The molecule has 0 spiro atoms. The molecule has 142 valence electrons. The molecule has 0 aromatic carbocycles. The molecule has 4 aliphatic rings. The number of allylic oxidation sites excluding steroid dienone is 4. The zero-order valence-electron chi connectivity index (χ0n) is 16.5. The zero-order chi connectivity index (χ0) is 18.9. The van der Waals surface area contributed by atoms with Crippen LogP contribution in [-0.4, -0.2) is 22.8 Å². The van der Waals surface area contributed by atoms with Gasteiger partial charge in [-0.1, -0.05) is 39.3 Å². The van der Waals surface area contributed by atoms with Crippen LogP contribution in [0, 0.1) is 40.4 Å². The quantitative estimate of drug-likeness (QED) is 0.810. The van der Waals surface area contributed by atoms with Crippen LogP contribution >= 0.6 is 0 Å². The van der Waals surface area contributed by atoms with Crippen molar-refractivity contribution in [2.24, 2.45) is 40.4 Å². The van der Waals surface area contributed by atoms with Crippen LogP contribution in [0.3, 0.4) is 0 Å². The van der Waals surface area contributed by atoms with E-state index in [2.05, 4.69) is 26.8 Å². The van der Waals surface area contributed by atoms with Crippen molar-refractivity contribution in [1.82, 2.24) is 0 Å². The summed E-state index contributed by atoms with van der Waals surface area (Å²) in [7, 11) is 0. The van der Waals surface area contributed by atoms with Gasteiger partial charge >= 0.3 is 0 Å². The van der Waals surface area contributed by atoms with Gasteiger partial charge in [-0.15, -0.1) is 0 Å². The number of rotatable bonds is 2. The van der Waals surface area contributed by atoms with Crippen LogP contribution in [0.2, 0.25) is 0 Å². The average Bonchev–Trinajstić information content (AvgIpc) is 2.84.